The molecule has 1 atom stereocenters. The number of rotatable bonds is 2. The minimum Gasteiger partial charge on any atom is -0.289 e. The Morgan fingerprint density at radius 1 is 0.812 bits per heavy atom. The highest BCUT2D eigenvalue weighted by Gasteiger charge is 2.51. The molecule has 1 heteroatoms. The lowest BCUT2D eigenvalue weighted by molar-refractivity contribution is 0.542. The van der Waals surface area contributed by atoms with Crippen molar-refractivity contribution < 1.29 is 0 Å². The zero-order valence-corrected chi connectivity index (χ0v) is 9.43. The molecule has 2 aromatic carbocycles. The third kappa shape index (κ3) is 1.29. The summed E-state index contributed by atoms with van der Waals surface area (Å²) in [6.45, 7) is 1.11. The van der Waals surface area contributed by atoms with Crippen molar-refractivity contribution in [2.75, 3.05) is 13.6 Å². The first-order chi connectivity index (χ1) is 7.84. The summed E-state index contributed by atoms with van der Waals surface area (Å²) < 4.78 is 0. The van der Waals surface area contributed by atoms with E-state index in [-0.39, 0.29) is 5.54 Å². The molecule has 0 radical (unpaired) electrons. The van der Waals surface area contributed by atoms with Crippen LogP contribution in [0.5, 0.6) is 0 Å². The van der Waals surface area contributed by atoms with Crippen LogP contribution in [-0.4, -0.2) is 18.5 Å². The van der Waals surface area contributed by atoms with E-state index in [1.807, 2.05) is 0 Å². The predicted octanol–water partition coefficient (Wildman–Crippen LogP) is 2.88. The quantitative estimate of drug-likeness (QED) is 0.687. The molecule has 0 N–H and O–H groups in total. The molecule has 1 aliphatic rings. The maximum atomic E-state index is 2.39. The van der Waals surface area contributed by atoms with Gasteiger partial charge in [-0.15, -0.1) is 0 Å². The van der Waals surface area contributed by atoms with E-state index < -0.39 is 0 Å². The maximum Gasteiger partial charge on any atom is 0.0843 e. The summed E-state index contributed by atoms with van der Waals surface area (Å²) >= 11 is 0. The smallest absolute Gasteiger partial charge is 0.0843 e. The Balaban J connectivity index is 2.10. The zero-order valence-electron chi connectivity index (χ0n) is 9.43. The molecule has 1 aliphatic heterocycles. The van der Waals surface area contributed by atoms with E-state index >= 15 is 0 Å². The third-order valence-electron chi connectivity index (χ3n) is 3.52. The van der Waals surface area contributed by atoms with E-state index in [2.05, 4.69) is 72.6 Å². The van der Waals surface area contributed by atoms with Crippen LogP contribution >= 0.6 is 0 Å². The Bertz CT molecular complexity index is 436. The molecule has 0 spiro atoms. The largest absolute Gasteiger partial charge is 0.289 e. The summed E-state index contributed by atoms with van der Waals surface area (Å²) in [5.41, 5.74) is 2.91. The zero-order chi connectivity index (χ0) is 11.0. The van der Waals surface area contributed by atoms with Crippen molar-refractivity contribution in [3.63, 3.8) is 0 Å². The molecule has 1 unspecified atom stereocenters. The van der Waals surface area contributed by atoms with Crippen molar-refractivity contribution in [2.24, 2.45) is 0 Å². The van der Waals surface area contributed by atoms with Crippen molar-refractivity contribution in [1.82, 2.24) is 4.90 Å². The van der Waals surface area contributed by atoms with Crippen molar-refractivity contribution in [1.29, 1.82) is 0 Å². The topological polar surface area (TPSA) is 3.01 Å². The SMILES string of the molecule is CN1CC1(c1ccccc1)c1ccccc1. The maximum absolute atomic E-state index is 2.39. The normalized spacial score (nSPS) is 21.7. The van der Waals surface area contributed by atoms with Crippen LogP contribution in [0, 0.1) is 0 Å². The summed E-state index contributed by atoms with van der Waals surface area (Å²) in [4.78, 5) is 2.39. The second-order valence-electron chi connectivity index (χ2n) is 4.45. The van der Waals surface area contributed by atoms with E-state index in [0.29, 0.717) is 0 Å². The van der Waals surface area contributed by atoms with E-state index in [0.717, 1.165) is 6.54 Å². The van der Waals surface area contributed by atoms with Gasteiger partial charge in [0.05, 0.1) is 5.54 Å². The molecule has 0 bridgehead atoms. The minimum absolute atomic E-state index is 0.127. The highest BCUT2D eigenvalue weighted by Crippen LogP contribution is 2.46. The summed E-state index contributed by atoms with van der Waals surface area (Å²) in [7, 11) is 2.18. The highest BCUT2D eigenvalue weighted by atomic mass is 15.3. The minimum atomic E-state index is 0.127. The monoisotopic (exact) mass is 209 g/mol. The van der Waals surface area contributed by atoms with E-state index in [1.165, 1.54) is 11.1 Å². The predicted molar refractivity (Wildman–Crippen MR) is 66.3 cm³/mol. The molecule has 0 saturated carbocycles. The van der Waals surface area contributed by atoms with Gasteiger partial charge in [-0.25, -0.2) is 0 Å². The summed E-state index contributed by atoms with van der Waals surface area (Å²) in [6, 6.07) is 21.5. The first-order valence-corrected chi connectivity index (χ1v) is 5.66. The Labute approximate surface area is 96.3 Å². The van der Waals surface area contributed by atoms with Crippen LogP contribution < -0.4 is 0 Å². The van der Waals surface area contributed by atoms with Crippen molar-refractivity contribution in [3.05, 3.63) is 71.8 Å². The van der Waals surface area contributed by atoms with Crippen molar-refractivity contribution >= 4 is 0 Å². The molecule has 1 fully saturated rings. The molecular formula is C15H15N. The molecule has 1 heterocycles. The second kappa shape index (κ2) is 3.46. The van der Waals surface area contributed by atoms with Crippen LogP contribution in [0.2, 0.25) is 0 Å². The lowest BCUT2D eigenvalue weighted by atomic mass is 9.91. The fraction of sp³-hybridized carbons (Fsp3) is 0.200. The van der Waals surface area contributed by atoms with Crippen molar-refractivity contribution in [3.8, 4) is 0 Å². The van der Waals surface area contributed by atoms with Gasteiger partial charge in [0, 0.05) is 6.54 Å². The van der Waals surface area contributed by atoms with Gasteiger partial charge in [0.15, 0.2) is 0 Å². The van der Waals surface area contributed by atoms with Gasteiger partial charge in [0.25, 0.3) is 0 Å². The van der Waals surface area contributed by atoms with E-state index in [4.69, 9.17) is 0 Å². The molecule has 80 valence electrons. The molecular weight excluding hydrogens is 194 g/mol. The number of hydrogen-bond acceptors (Lipinski definition) is 1. The van der Waals surface area contributed by atoms with Crippen molar-refractivity contribution in [2.45, 2.75) is 5.54 Å². The molecule has 1 nitrogen and oxygen atoms in total. The lowest BCUT2D eigenvalue weighted by Crippen LogP contribution is -2.15. The summed E-state index contributed by atoms with van der Waals surface area (Å²) in [6.07, 6.45) is 0. The Hall–Kier alpha value is -1.60. The van der Waals surface area contributed by atoms with Crippen LogP contribution in [0.1, 0.15) is 11.1 Å². The molecule has 16 heavy (non-hydrogen) atoms. The van der Waals surface area contributed by atoms with Gasteiger partial charge >= 0.3 is 0 Å². The number of benzene rings is 2. The highest BCUT2D eigenvalue weighted by molar-refractivity contribution is 5.44. The van der Waals surface area contributed by atoms with Gasteiger partial charge in [-0.3, -0.25) is 4.90 Å². The molecule has 1 saturated heterocycles. The molecule has 3 rings (SSSR count). The lowest BCUT2D eigenvalue weighted by Gasteiger charge is -2.17. The van der Waals surface area contributed by atoms with Crippen LogP contribution in [0.15, 0.2) is 60.7 Å². The fourth-order valence-corrected chi connectivity index (χ4v) is 2.53. The van der Waals surface area contributed by atoms with Crippen LogP contribution in [0.4, 0.5) is 0 Å². The van der Waals surface area contributed by atoms with E-state index in [1.54, 1.807) is 0 Å². The average molecular weight is 209 g/mol. The van der Waals surface area contributed by atoms with Crippen LogP contribution in [0.3, 0.4) is 0 Å². The first kappa shape index (κ1) is 9.61. The standard InChI is InChI=1S/C15H15N/c1-16-12-15(16,13-8-4-2-5-9-13)14-10-6-3-7-11-14/h2-11H,12H2,1H3. The second-order valence-corrected chi connectivity index (χ2v) is 4.45. The third-order valence-corrected chi connectivity index (χ3v) is 3.52. The van der Waals surface area contributed by atoms with Gasteiger partial charge < -0.3 is 0 Å². The molecule has 0 aliphatic carbocycles. The Kier molecular flexibility index (Phi) is 2.08. The van der Waals surface area contributed by atoms with E-state index in [9.17, 15) is 0 Å². The number of hydrogen-bond donors (Lipinski definition) is 0. The average Bonchev–Trinajstić information content (AvgIpc) is 3.05. The molecule has 0 amide bonds. The van der Waals surface area contributed by atoms with Gasteiger partial charge in [-0.05, 0) is 18.2 Å². The van der Waals surface area contributed by atoms with Gasteiger partial charge in [-0.2, -0.15) is 0 Å². The van der Waals surface area contributed by atoms with Gasteiger partial charge in [0.2, 0.25) is 0 Å². The summed E-state index contributed by atoms with van der Waals surface area (Å²) in [5.74, 6) is 0. The Morgan fingerprint density at radius 3 is 1.50 bits per heavy atom. The Morgan fingerprint density at radius 2 is 1.19 bits per heavy atom. The number of nitrogens with zero attached hydrogens (tertiary/aromatic N) is 1. The first-order valence-electron chi connectivity index (χ1n) is 5.66. The molecule has 0 aromatic heterocycles. The van der Waals surface area contributed by atoms with Gasteiger partial charge in [-0.1, -0.05) is 60.7 Å². The van der Waals surface area contributed by atoms with Crippen LogP contribution in [0.25, 0.3) is 0 Å². The fourth-order valence-electron chi connectivity index (χ4n) is 2.53. The van der Waals surface area contributed by atoms with Crippen LogP contribution in [-0.2, 0) is 5.54 Å². The number of likely N-dealkylation sites (N-methyl/N-ethyl adjacent to an activating group) is 1. The van der Waals surface area contributed by atoms with Gasteiger partial charge in [0.1, 0.15) is 0 Å². The molecule has 2 aromatic rings. The summed E-state index contributed by atoms with van der Waals surface area (Å²) in [5, 5.41) is 0.